The van der Waals surface area contributed by atoms with Gasteiger partial charge in [-0.25, -0.2) is 18.8 Å². The highest BCUT2D eigenvalue weighted by Gasteiger charge is 2.33. The average molecular weight is 509 g/mol. The van der Waals surface area contributed by atoms with Crippen LogP contribution in [0.1, 0.15) is 23.2 Å². The first-order chi connectivity index (χ1) is 17.8. The van der Waals surface area contributed by atoms with E-state index in [2.05, 4.69) is 30.5 Å². The van der Waals surface area contributed by atoms with Gasteiger partial charge in [-0.05, 0) is 18.2 Å². The Labute approximate surface area is 209 Å². The van der Waals surface area contributed by atoms with Crippen molar-refractivity contribution in [1.29, 1.82) is 0 Å². The van der Waals surface area contributed by atoms with E-state index >= 15 is 0 Å². The van der Waals surface area contributed by atoms with Crippen molar-refractivity contribution in [3.05, 3.63) is 41.8 Å². The lowest BCUT2D eigenvalue weighted by molar-refractivity contribution is -0.0547. The molecule has 0 radical (unpaired) electrons. The topological polar surface area (TPSA) is 125 Å². The Morgan fingerprint density at radius 2 is 2.03 bits per heavy atom. The number of hydrogen-bond donors (Lipinski definition) is 3. The molecule has 6 rings (SSSR count). The lowest BCUT2D eigenvalue weighted by atomic mass is 10.1. The van der Waals surface area contributed by atoms with Crippen molar-refractivity contribution >= 4 is 44.7 Å². The van der Waals surface area contributed by atoms with Gasteiger partial charge >= 0.3 is 0 Å². The Balaban J connectivity index is 1.29. The number of nitrogens with zero attached hydrogens (tertiary/aromatic N) is 7. The maximum Gasteiger partial charge on any atom is 0.252 e. The van der Waals surface area contributed by atoms with E-state index < -0.39 is 5.92 Å². The van der Waals surface area contributed by atoms with Gasteiger partial charge in [0.15, 0.2) is 5.65 Å². The number of aromatic amines is 2. The van der Waals surface area contributed by atoms with Crippen LogP contribution in [0.5, 0.6) is 0 Å². The van der Waals surface area contributed by atoms with Crippen LogP contribution < -0.4 is 10.9 Å². The van der Waals surface area contributed by atoms with Crippen molar-refractivity contribution in [2.24, 2.45) is 19.1 Å². The molecular formula is C24H26F2N10O. The number of alkyl halides is 2. The predicted octanol–water partition coefficient (Wildman–Crippen LogP) is 2.36. The lowest BCUT2D eigenvalue weighted by Gasteiger charge is -2.31. The lowest BCUT2D eigenvalue weighted by Crippen LogP contribution is -2.43. The van der Waals surface area contributed by atoms with Gasteiger partial charge in [-0.2, -0.15) is 10.1 Å². The fourth-order valence-electron chi connectivity index (χ4n) is 4.77. The van der Waals surface area contributed by atoms with Crippen LogP contribution in [0.25, 0.3) is 33.1 Å². The molecule has 4 aromatic heterocycles. The quantitative estimate of drug-likeness (QED) is 0.315. The number of H-pyrrole nitrogens is 2. The SMILES string of the molecule is Cn1cc(N=c2nc3c4ccc(C(=O)NCCN5CCC(F)(F)CC5)cc4[nH]c4[nH]n(C)c(n2)c43)cn1. The molecule has 0 spiro atoms. The summed E-state index contributed by atoms with van der Waals surface area (Å²) in [7, 11) is 3.67. The Kier molecular flexibility index (Phi) is 5.51. The van der Waals surface area contributed by atoms with Gasteiger partial charge in [-0.15, -0.1) is 0 Å². The van der Waals surface area contributed by atoms with Crippen molar-refractivity contribution in [1.82, 2.24) is 44.7 Å². The molecule has 11 nitrogen and oxygen atoms in total. The van der Waals surface area contributed by atoms with Gasteiger partial charge < -0.3 is 15.2 Å². The number of rotatable bonds is 5. The number of halogens is 2. The second kappa shape index (κ2) is 8.76. The average Bonchev–Trinajstić information content (AvgIpc) is 3.42. The molecule has 0 bridgehead atoms. The summed E-state index contributed by atoms with van der Waals surface area (Å²) in [5.41, 5.74) is 4.30. The van der Waals surface area contributed by atoms with E-state index in [4.69, 9.17) is 4.98 Å². The number of benzene rings is 1. The molecular weight excluding hydrogens is 482 g/mol. The number of aryl methyl sites for hydroxylation is 2. The zero-order valence-electron chi connectivity index (χ0n) is 20.4. The second-order valence-electron chi connectivity index (χ2n) is 9.44. The van der Waals surface area contributed by atoms with Crippen molar-refractivity contribution in [3.8, 4) is 0 Å². The summed E-state index contributed by atoms with van der Waals surface area (Å²) in [5, 5.41) is 11.9. The van der Waals surface area contributed by atoms with Gasteiger partial charge in [0.2, 0.25) is 0 Å². The molecule has 3 N–H and O–H groups in total. The number of likely N-dealkylation sites (tertiary alicyclic amines) is 1. The Hall–Kier alpha value is -4.13. The number of pyridine rings is 1. The molecule has 37 heavy (non-hydrogen) atoms. The third-order valence-corrected chi connectivity index (χ3v) is 6.74. The smallest absolute Gasteiger partial charge is 0.252 e. The largest absolute Gasteiger partial charge is 0.351 e. The molecule has 1 amide bonds. The van der Waals surface area contributed by atoms with Crippen LogP contribution in [-0.4, -0.2) is 77.4 Å². The molecule has 0 atom stereocenters. The zero-order chi connectivity index (χ0) is 25.7. The highest BCUT2D eigenvalue weighted by Crippen LogP contribution is 2.29. The fraction of sp³-hybridized carbons (Fsp3) is 0.375. The fourth-order valence-corrected chi connectivity index (χ4v) is 4.77. The molecule has 192 valence electrons. The molecule has 1 aliphatic heterocycles. The molecule has 0 saturated carbocycles. The number of carbonyl (C=O) groups excluding carboxylic acids is 1. The number of carbonyl (C=O) groups is 1. The van der Waals surface area contributed by atoms with Crippen LogP contribution in [0, 0.1) is 0 Å². The van der Waals surface area contributed by atoms with E-state index in [1.807, 2.05) is 25.1 Å². The zero-order valence-corrected chi connectivity index (χ0v) is 20.4. The minimum Gasteiger partial charge on any atom is -0.351 e. The minimum absolute atomic E-state index is 0.135. The third-order valence-electron chi connectivity index (χ3n) is 6.74. The third kappa shape index (κ3) is 4.46. The van der Waals surface area contributed by atoms with E-state index in [9.17, 15) is 13.6 Å². The van der Waals surface area contributed by atoms with Gasteiger partial charge in [-0.3, -0.25) is 19.3 Å². The van der Waals surface area contributed by atoms with E-state index in [1.165, 1.54) is 0 Å². The molecule has 0 unspecified atom stereocenters. The summed E-state index contributed by atoms with van der Waals surface area (Å²) < 4.78 is 30.2. The first kappa shape index (κ1) is 23.3. The summed E-state index contributed by atoms with van der Waals surface area (Å²) in [6.07, 6.45) is 3.15. The highest BCUT2D eigenvalue weighted by molar-refractivity contribution is 6.15. The first-order valence-corrected chi connectivity index (χ1v) is 12.1. The Morgan fingerprint density at radius 3 is 2.78 bits per heavy atom. The van der Waals surface area contributed by atoms with E-state index in [1.54, 1.807) is 33.9 Å². The Morgan fingerprint density at radius 1 is 1.22 bits per heavy atom. The molecule has 0 aliphatic carbocycles. The van der Waals surface area contributed by atoms with E-state index in [0.717, 1.165) is 21.9 Å². The van der Waals surface area contributed by atoms with E-state index in [0.29, 0.717) is 54.2 Å². The number of fused-ring (bicyclic) bond motifs is 2. The summed E-state index contributed by atoms with van der Waals surface area (Å²) in [5.74, 6) is -2.80. The van der Waals surface area contributed by atoms with Crippen LogP contribution in [-0.2, 0) is 14.1 Å². The molecule has 13 heteroatoms. The number of amides is 1. The van der Waals surface area contributed by atoms with Gasteiger partial charge in [0.1, 0.15) is 11.3 Å². The van der Waals surface area contributed by atoms with Gasteiger partial charge in [-0.1, -0.05) is 0 Å². The molecule has 1 aromatic carbocycles. The minimum atomic E-state index is -2.57. The van der Waals surface area contributed by atoms with Crippen molar-refractivity contribution in [3.63, 3.8) is 0 Å². The maximum absolute atomic E-state index is 13.4. The molecule has 5 heterocycles. The van der Waals surface area contributed by atoms with E-state index in [-0.39, 0.29) is 18.7 Å². The van der Waals surface area contributed by atoms with Crippen LogP contribution in [0.15, 0.2) is 35.6 Å². The normalized spacial score (nSPS) is 16.8. The highest BCUT2D eigenvalue weighted by atomic mass is 19.3. The van der Waals surface area contributed by atoms with Gasteiger partial charge in [0, 0.05) is 69.6 Å². The molecule has 1 aliphatic rings. The number of hydrogen-bond acceptors (Lipinski definition) is 6. The van der Waals surface area contributed by atoms with Crippen molar-refractivity contribution in [2.75, 3.05) is 26.2 Å². The number of nitrogens with one attached hydrogen (secondary N) is 3. The first-order valence-electron chi connectivity index (χ1n) is 12.1. The van der Waals surface area contributed by atoms with Crippen molar-refractivity contribution < 1.29 is 13.6 Å². The number of aromatic nitrogens is 7. The number of piperidine rings is 1. The van der Waals surface area contributed by atoms with Crippen LogP contribution in [0.2, 0.25) is 0 Å². The standard InChI is InChI=1S/C24H26F2N10O/c1-34-13-15(12-28-34)29-23-31-19-16-4-3-14(11-17(16)30-20-18(19)21(32-23)35(2)33-20)22(37)27-7-10-36-8-5-24(25,26)6-9-36/h3-4,11-13,30,33H,5-10H2,1-2H3,(H,27,37). The summed E-state index contributed by atoms with van der Waals surface area (Å²) in [4.78, 5) is 32.0. The monoisotopic (exact) mass is 508 g/mol. The van der Waals surface area contributed by atoms with Crippen LogP contribution in [0.4, 0.5) is 14.5 Å². The predicted molar refractivity (Wildman–Crippen MR) is 134 cm³/mol. The van der Waals surface area contributed by atoms with Gasteiger partial charge in [0.05, 0.1) is 23.3 Å². The van der Waals surface area contributed by atoms with Crippen LogP contribution >= 0.6 is 0 Å². The molecule has 1 fully saturated rings. The van der Waals surface area contributed by atoms with Gasteiger partial charge in [0.25, 0.3) is 17.4 Å². The second-order valence-corrected chi connectivity index (χ2v) is 9.44. The Bertz CT molecular complexity index is 1700. The summed E-state index contributed by atoms with van der Waals surface area (Å²) >= 11 is 0. The van der Waals surface area contributed by atoms with Crippen molar-refractivity contribution in [2.45, 2.75) is 18.8 Å². The van der Waals surface area contributed by atoms with Crippen LogP contribution in [0.3, 0.4) is 0 Å². The molecule has 1 saturated heterocycles. The molecule has 5 aromatic rings. The summed E-state index contributed by atoms with van der Waals surface area (Å²) in [6, 6.07) is 5.39. The maximum atomic E-state index is 13.4. The summed E-state index contributed by atoms with van der Waals surface area (Å²) in [6.45, 7) is 1.60.